The standard InChI is InChI=1S/C18H21BF2N2O3/c1-10-15(19-25-17(3,4)18(5,6)26-19)11(2)23-16(22-10)24-14-8-7-12(20)9-13(14)21/h7-9H,1-6H3. The summed E-state index contributed by atoms with van der Waals surface area (Å²) in [4.78, 5) is 8.56. The molecule has 1 saturated heterocycles. The van der Waals surface area contributed by atoms with Crippen LogP contribution in [0.3, 0.4) is 0 Å². The van der Waals surface area contributed by atoms with E-state index in [4.69, 9.17) is 14.0 Å². The molecule has 8 heteroatoms. The molecule has 1 fully saturated rings. The van der Waals surface area contributed by atoms with Gasteiger partial charge in [0, 0.05) is 22.9 Å². The molecule has 1 aromatic heterocycles. The van der Waals surface area contributed by atoms with Gasteiger partial charge in [-0.1, -0.05) is 0 Å². The molecular formula is C18H21BF2N2O3. The number of ether oxygens (including phenoxy) is 1. The minimum Gasteiger partial charge on any atom is -0.421 e. The average molecular weight is 362 g/mol. The van der Waals surface area contributed by atoms with E-state index in [-0.39, 0.29) is 11.8 Å². The van der Waals surface area contributed by atoms with Gasteiger partial charge >= 0.3 is 13.1 Å². The summed E-state index contributed by atoms with van der Waals surface area (Å²) >= 11 is 0. The van der Waals surface area contributed by atoms with Crippen molar-refractivity contribution >= 4 is 12.6 Å². The number of hydrogen-bond acceptors (Lipinski definition) is 5. The Kier molecular flexibility index (Phi) is 4.52. The van der Waals surface area contributed by atoms with Crippen molar-refractivity contribution in [1.29, 1.82) is 0 Å². The Hall–Kier alpha value is -2.06. The first-order valence-electron chi connectivity index (χ1n) is 8.34. The molecule has 0 aliphatic carbocycles. The van der Waals surface area contributed by atoms with Gasteiger partial charge in [-0.25, -0.2) is 18.7 Å². The van der Waals surface area contributed by atoms with E-state index in [9.17, 15) is 8.78 Å². The summed E-state index contributed by atoms with van der Waals surface area (Å²) in [6, 6.07) is 3.02. The van der Waals surface area contributed by atoms with Crippen LogP contribution in [-0.4, -0.2) is 28.3 Å². The van der Waals surface area contributed by atoms with Crippen LogP contribution >= 0.6 is 0 Å². The Balaban J connectivity index is 1.90. The largest absolute Gasteiger partial charge is 0.498 e. The molecule has 0 spiro atoms. The predicted molar refractivity (Wildman–Crippen MR) is 93.7 cm³/mol. The Morgan fingerprint density at radius 1 is 0.962 bits per heavy atom. The van der Waals surface area contributed by atoms with Crippen molar-refractivity contribution in [1.82, 2.24) is 9.97 Å². The Morgan fingerprint density at radius 2 is 1.50 bits per heavy atom. The summed E-state index contributed by atoms with van der Waals surface area (Å²) in [5.74, 6) is -1.65. The monoisotopic (exact) mass is 362 g/mol. The molecule has 138 valence electrons. The Bertz CT molecular complexity index is 819. The Labute approximate surface area is 151 Å². The lowest BCUT2D eigenvalue weighted by atomic mass is 9.77. The van der Waals surface area contributed by atoms with Crippen LogP contribution in [0.5, 0.6) is 11.8 Å². The van der Waals surface area contributed by atoms with Crippen molar-refractivity contribution in [3.05, 3.63) is 41.2 Å². The van der Waals surface area contributed by atoms with Crippen molar-refractivity contribution < 1.29 is 22.8 Å². The molecule has 0 unspecified atom stereocenters. The normalized spacial score (nSPS) is 18.2. The van der Waals surface area contributed by atoms with E-state index in [2.05, 4.69) is 9.97 Å². The van der Waals surface area contributed by atoms with E-state index in [0.717, 1.165) is 17.6 Å². The van der Waals surface area contributed by atoms with Gasteiger partial charge in [-0.3, -0.25) is 0 Å². The lowest BCUT2D eigenvalue weighted by molar-refractivity contribution is 0.00578. The first-order valence-corrected chi connectivity index (χ1v) is 8.34. The SMILES string of the molecule is Cc1nc(Oc2ccc(F)cc2F)nc(C)c1B1OC(C)(C)C(C)(C)O1. The van der Waals surface area contributed by atoms with E-state index in [1.165, 1.54) is 6.07 Å². The van der Waals surface area contributed by atoms with Gasteiger partial charge in [0.05, 0.1) is 11.2 Å². The highest BCUT2D eigenvalue weighted by Gasteiger charge is 2.52. The highest BCUT2D eigenvalue weighted by molar-refractivity contribution is 6.63. The number of aryl methyl sites for hydroxylation is 2. The third kappa shape index (κ3) is 3.31. The fraction of sp³-hybridized carbons (Fsp3) is 0.444. The molecule has 0 atom stereocenters. The lowest BCUT2D eigenvalue weighted by Gasteiger charge is -2.32. The van der Waals surface area contributed by atoms with Gasteiger partial charge in [0.1, 0.15) is 5.82 Å². The van der Waals surface area contributed by atoms with Gasteiger partial charge in [0.2, 0.25) is 0 Å². The highest BCUT2D eigenvalue weighted by Crippen LogP contribution is 2.37. The average Bonchev–Trinajstić information content (AvgIpc) is 2.69. The maximum absolute atomic E-state index is 13.8. The third-order valence-electron chi connectivity index (χ3n) is 4.89. The first-order chi connectivity index (χ1) is 12.0. The van der Waals surface area contributed by atoms with Crippen LogP contribution < -0.4 is 10.2 Å². The van der Waals surface area contributed by atoms with Crippen LogP contribution in [0, 0.1) is 25.5 Å². The second-order valence-electron chi connectivity index (χ2n) is 7.36. The van der Waals surface area contributed by atoms with Crippen molar-refractivity contribution in [3.8, 4) is 11.8 Å². The van der Waals surface area contributed by atoms with Crippen LogP contribution in [0.15, 0.2) is 18.2 Å². The summed E-state index contributed by atoms with van der Waals surface area (Å²) in [5.41, 5.74) is 0.962. The van der Waals surface area contributed by atoms with Gasteiger partial charge in [-0.2, -0.15) is 0 Å². The fourth-order valence-corrected chi connectivity index (χ4v) is 2.70. The van der Waals surface area contributed by atoms with Crippen LogP contribution in [0.4, 0.5) is 8.78 Å². The summed E-state index contributed by atoms with van der Waals surface area (Å²) in [5, 5.41) is 0. The molecule has 2 heterocycles. The van der Waals surface area contributed by atoms with Crippen molar-refractivity contribution in [3.63, 3.8) is 0 Å². The van der Waals surface area contributed by atoms with Crippen molar-refractivity contribution in [2.75, 3.05) is 0 Å². The smallest absolute Gasteiger partial charge is 0.421 e. The molecule has 0 N–H and O–H groups in total. The minimum absolute atomic E-state index is 0.0224. The van der Waals surface area contributed by atoms with Crippen LogP contribution in [0.1, 0.15) is 39.1 Å². The molecule has 1 aliphatic rings. The number of aromatic nitrogens is 2. The summed E-state index contributed by atoms with van der Waals surface area (Å²) < 4.78 is 44.3. The van der Waals surface area contributed by atoms with Gasteiger partial charge < -0.3 is 14.0 Å². The van der Waals surface area contributed by atoms with Gasteiger partial charge in [-0.05, 0) is 53.7 Å². The third-order valence-corrected chi connectivity index (χ3v) is 4.89. The second kappa shape index (κ2) is 6.28. The van der Waals surface area contributed by atoms with E-state index in [0.29, 0.717) is 11.4 Å². The Morgan fingerprint density at radius 3 is 2.00 bits per heavy atom. The zero-order chi connectivity index (χ0) is 19.3. The summed E-state index contributed by atoms with van der Waals surface area (Å²) in [6.07, 6.45) is 0. The maximum atomic E-state index is 13.8. The van der Waals surface area contributed by atoms with Gasteiger partial charge in [-0.15, -0.1) is 0 Å². The molecule has 1 aliphatic heterocycles. The molecule has 26 heavy (non-hydrogen) atoms. The molecule has 1 aromatic carbocycles. The van der Waals surface area contributed by atoms with Gasteiger partial charge in [0.15, 0.2) is 11.6 Å². The van der Waals surface area contributed by atoms with Crippen LogP contribution in [-0.2, 0) is 9.31 Å². The molecular weight excluding hydrogens is 341 g/mol. The second-order valence-corrected chi connectivity index (χ2v) is 7.36. The lowest BCUT2D eigenvalue weighted by Crippen LogP contribution is -2.41. The first kappa shape index (κ1) is 18.7. The van der Waals surface area contributed by atoms with E-state index < -0.39 is 30.0 Å². The quantitative estimate of drug-likeness (QED) is 0.783. The van der Waals surface area contributed by atoms with Crippen molar-refractivity contribution in [2.45, 2.75) is 52.7 Å². The summed E-state index contributed by atoms with van der Waals surface area (Å²) in [6.45, 7) is 11.4. The number of nitrogens with zero attached hydrogens (tertiary/aromatic N) is 2. The number of hydrogen-bond donors (Lipinski definition) is 0. The maximum Gasteiger partial charge on any atom is 0.498 e. The zero-order valence-corrected chi connectivity index (χ0v) is 15.7. The van der Waals surface area contributed by atoms with Gasteiger partial charge in [0.25, 0.3) is 0 Å². The van der Waals surface area contributed by atoms with Crippen LogP contribution in [0.25, 0.3) is 0 Å². The van der Waals surface area contributed by atoms with Crippen LogP contribution in [0.2, 0.25) is 0 Å². The minimum atomic E-state index is -0.820. The zero-order valence-electron chi connectivity index (χ0n) is 15.7. The predicted octanol–water partition coefficient (Wildman–Crippen LogP) is 3.46. The number of benzene rings is 1. The molecule has 3 rings (SSSR count). The van der Waals surface area contributed by atoms with E-state index >= 15 is 0 Å². The molecule has 0 saturated carbocycles. The van der Waals surface area contributed by atoms with E-state index in [1.807, 2.05) is 27.7 Å². The highest BCUT2D eigenvalue weighted by atomic mass is 19.1. The molecule has 0 radical (unpaired) electrons. The van der Waals surface area contributed by atoms with E-state index in [1.54, 1.807) is 13.8 Å². The fourth-order valence-electron chi connectivity index (χ4n) is 2.70. The number of rotatable bonds is 3. The molecule has 2 aromatic rings. The number of halogens is 2. The van der Waals surface area contributed by atoms with Crippen molar-refractivity contribution in [2.24, 2.45) is 0 Å². The summed E-state index contributed by atoms with van der Waals surface area (Å²) in [7, 11) is -0.600. The molecule has 0 amide bonds. The molecule has 0 bridgehead atoms. The molecule has 5 nitrogen and oxygen atoms in total. The topological polar surface area (TPSA) is 53.5 Å².